The van der Waals surface area contributed by atoms with Crippen LogP contribution in [-0.4, -0.2) is 65.8 Å². The molecule has 4 heterocycles. The molecule has 2 aromatic rings. The van der Waals surface area contributed by atoms with Crippen molar-refractivity contribution in [1.82, 2.24) is 9.88 Å². The average molecular weight is 479 g/mol. The van der Waals surface area contributed by atoms with Gasteiger partial charge < -0.3 is 20.1 Å². The number of fused-ring (bicyclic) bond motifs is 1. The van der Waals surface area contributed by atoms with Crippen LogP contribution in [-0.2, 0) is 16.0 Å². The van der Waals surface area contributed by atoms with Crippen molar-refractivity contribution in [3.63, 3.8) is 0 Å². The van der Waals surface area contributed by atoms with Crippen LogP contribution in [0, 0.1) is 5.82 Å². The third-order valence-electron chi connectivity index (χ3n) is 7.02. The van der Waals surface area contributed by atoms with Crippen molar-refractivity contribution in [3.8, 4) is 0 Å². The average Bonchev–Trinajstić information content (AvgIpc) is 3.32. The second-order valence-corrected chi connectivity index (χ2v) is 9.74. The molecule has 0 atom stereocenters. The molecule has 35 heavy (non-hydrogen) atoms. The van der Waals surface area contributed by atoms with Gasteiger partial charge in [0.2, 0.25) is 0 Å². The normalized spacial score (nSPS) is 21.5. The Balaban J connectivity index is 1.27. The number of aliphatic hydroxyl groups is 1. The number of rotatable bonds is 6. The predicted octanol–water partition coefficient (Wildman–Crippen LogP) is 3.37. The molecule has 3 aliphatic rings. The Kier molecular flexibility index (Phi) is 6.34. The highest BCUT2D eigenvalue weighted by atomic mass is 19.1. The molecule has 0 saturated carbocycles. The maximum absolute atomic E-state index is 13.6. The Labute approximate surface area is 204 Å². The number of nitrogens with zero attached hydrogens (tertiary/aromatic N) is 3. The molecule has 2 N–H and O–H groups in total. The molecule has 0 unspecified atom stereocenters. The number of aryl methyl sites for hydroxylation is 1. The van der Waals surface area contributed by atoms with Gasteiger partial charge in [-0.25, -0.2) is 9.37 Å². The van der Waals surface area contributed by atoms with Gasteiger partial charge in [0.25, 0.3) is 5.91 Å². The first-order valence-electron chi connectivity index (χ1n) is 12.1. The number of hydrogen-bond acceptors (Lipinski definition) is 6. The van der Waals surface area contributed by atoms with Crippen molar-refractivity contribution in [3.05, 3.63) is 70.9 Å². The lowest BCUT2D eigenvalue weighted by molar-refractivity contribution is -0.111. The van der Waals surface area contributed by atoms with Crippen molar-refractivity contribution in [2.75, 3.05) is 49.5 Å². The fourth-order valence-electron chi connectivity index (χ4n) is 4.96. The van der Waals surface area contributed by atoms with Crippen molar-refractivity contribution < 1.29 is 19.0 Å². The molecule has 5 rings (SSSR count). The molecule has 184 valence electrons. The Morgan fingerprint density at radius 2 is 1.94 bits per heavy atom. The summed E-state index contributed by atoms with van der Waals surface area (Å²) in [5.41, 5.74) is 3.30. The largest absolute Gasteiger partial charge is 0.483 e. The van der Waals surface area contributed by atoms with Crippen LogP contribution in [0.25, 0.3) is 5.57 Å². The van der Waals surface area contributed by atoms with E-state index >= 15 is 0 Å². The number of benzene rings is 1. The number of β-amino-alcohol motifs (C(OH)–C–C–N with tert-alkyl or cyclic N) is 1. The smallest absolute Gasteiger partial charge is 0.260 e. The van der Waals surface area contributed by atoms with Crippen molar-refractivity contribution >= 4 is 23.0 Å². The number of carbonyl (C=O) groups is 1. The van der Waals surface area contributed by atoms with E-state index in [1.165, 1.54) is 12.1 Å². The van der Waals surface area contributed by atoms with E-state index in [4.69, 9.17) is 9.84 Å². The second kappa shape index (κ2) is 9.43. The van der Waals surface area contributed by atoms with E-state index in [-0.39, 0.29) is 18.3 Å². The van der Waals surface area contributed by atoms with E-state index in [0.29, 0.717) is 22.6 Å². The fraction of sp³-hybridized carbons (Fsp3) is 0.407. The van der Waals surface area contributed by atoms with E-state index in [1.54, 1.807) is 6.07 Å². The monoisotopic (exact) mass is 478 g/mol. The van der Waals surface area contributed by atoms with E-state index in [1.807, 2.05) is 26.1 Å². The van der Waals surface area contributed by atoms with Crippen molar-refractivity contribution in [1.29, 1.82) is 0 Å². The zero-order valence-corrected chi connectivity index (χ0v) is 20.2. The molecule has 7 nitrogen and oxygen atoms in total. The van der Waals surface area contributed by atoms with Crippen LogP contribution >= 0.6 is 0 Å². The molecular weight excluding hydrogens is 447 g/mol. The summed E-state index contributed by atoms with van der Waals surface area (Å²) in [5.74, 6) is 0.853. The predicted molar refractivity (Wildman–Crippen MR) is 133 cm³/mol. The number of pyridine rings is 1. The minimum absolute atomic E-state index is 0.199. The molecular formula is C27H31FN4O3. The van der Waals surface area contributed by atoms with E-state index in [9.17, 15) is 9.18 Å². The van der Waals surface area contributed by atoms with E-state index < -0.39 is 5.60 Å². The maximum atomic E-state index is 13.6. The number of aromatic nitrogens is 1. The van der Waals surface area contributed by atoms with Gasteiger partial charge in [0.15, 0.2) is 0 Å². The van der Waals surface area contributed by atoms with Gasteiger partial charge in [-0.15, -0.1) is 0 Å². The summed E-state index contributed by atoms with van der Waals surface area (Å²) in [6.45, 7) is 8.61. The van der Waals surface area contributed by atoms with Crippen LogP contribution in [0.5, 0.6) is 0 Å². The zero-order chi connectivity index (χ0) is 24.6. The Morgan fingerprint density at radius 1 is 1.14 bits per heavy atom. The Hall–Kier alpha value is -3.23. The molecule has 0 radical (unpaired) electrons. The van der Waals surface area contributed by atoms with Gasteiger partial charge in [0, 0.05) is 44.5 Å². The lowest BCUT2D eigenvalue weighted by atomic mass is 9.93. The highest BCUT2D eigenvalue weighted by Gasteiger charge is 2.37. The summed E-state index contributed by atoms with van der Waals surface area (Å²) in [6, 6.07) is 8.51. The number of allylic oxidation sites excluding steroid dienone is 1. The molecule has 1 saturated heterocycles. The Bertz CT molecular complexity index is 1180. The topological polar surface area (TPSA) is 77.9 Å². The maximum Gasteiger partial charge on any atom is 0.260 e. The van der Waals surface area contributed by atoms with Crippen LogP contribution in [0.1, 0.15) is 31.4 Å². The third-order valence-corrected chi connectivity index (χ3v) is 7.02. The van der Waals surface area contributed by atoms with Gasteiger partial charge in [0.1, 0.15) is 23.0 Å². The summed E-state index contributed by atoms with van der Waals surface area (Å²) in [5, 5.41) is 11.8. The third kappa shape index (κ3) is 4.81. The molecule has 1 aromatic heterocycles. The second-order valence-electron chi connectivity index (χ2n) is 9.74. The van der Waals surface area contributed by atoms with Crippen LogP contribution in [0.2, 0.25) is 0 Å². The summed E-state index contributed by atoms with van der Waals surface area (Å²) < 4.78 is 19.8. The van der Waals surface area contributed by atoms with Gasteiger partial charge in [0.05, 0.1) is 17.9 Å². The van der Waals surface area contributed by atoms with Crippen LogP contribution in [0.15, 0.2) is 53.9 Å². The molecule has 1 amide bonds. The molecule has 1 fully saturated rings. The molecule has 8 heteroatoms. The molecule has 0 spiro atoms. The number of aliphatic hydroxyl groups excluding tert-OH is 1. The SMILES string of the molecule is CC1(C)O/C(=C2/C(=O)Nc3cc(F)ccc32)C=C1CCc1ccc(N2CCN(CCO)CC2)nc1. The number of amides is 1. The number of ether oxygens (including phenoxy) is 1. The number of halogens is 1. The first kappa shape index (κ1) is 23.5. The number of piperazine rings is 1. The number of hydrogen-bond donors (Lipinski definition) is 2. The van der Waals surface area contributed by atoms with Gasteiger partial charge in [-0.2, -0.15) is 0 Å². The van der Waals surface area contributed by atoms with Crippen LogP contribution < -0.4 is 10.2 Å². The lowest BCUT2D eigenvalue weighted by Crippen LogP contribution is -2.47. The number of carbonyl (C=O) groups excluding carboxylic acids is 1. The van der Waals surface area contributed by atoms with Crippen LogP contribution in [0.4, 0.5) is 15.9 Å². The quantitative estimate of drug-likeness (QED) is 0.620. The van der Waals surface area contributed by atoms with E-state index in [2.05, 4.69) is 32.2 Å². The zero-order valence-electron chi connectivity index (χ0n) is 20.2. The first-order valence-corrected chi connectivity index (χ1v) is 12.1. The van der Waals surface area contributed by atoms with Gasteiger partial charge in [-0.1, -0.05) is 6.07 Å². The summed E-state index contributed by atoms with van der Waals surface area (Å²) in [7, 11) is 0. The highest BCUT2D eigenvalue weighted by molar-refractivity contribution is 6.32. The molecule has 3 aliphatic heterocycles. The van der Waals surface area contributed by atoms with Crippen molar-refractivity contribution in [2.24, 2.45) is 0 Å². The number of anilines is 2. The van der Waals surface area contributed by atoms with Crippen molar-refractivity contribution in [2.45, 2.75) is 32.3 Å². The summed E-state index contributed by atoms with van der Waals surface area (Å²) in [6.07, 6.45) is 5.49. The molecule has 0 bridgehead atoms. The molecule has 1 aromatic carbocycles. The summed E-state index contributed by atoms with van der Waals surface area (Å²) >= 11 is 0. The summed E-state index contributed by atoms with van der Waals surface area (Å²) in [4.78, 5) is 21.8. The lowest BCUT2D eigenvalue weighted by Gasteiger charge is -2.35. The molecule has 0 aliphatic carbocycles. The van der Waals surface area contributed by atoms with Gasteiger partial charge in [-0.05, 0) is 68.2 Å². The van der Waals surface area contributed by atoms with E-state index in [0.717, 1.165) is 62.5 Å². The minimum Gasteiger partial charge on any atom is -0.483 e. The highest BCUT2D eigenvalue weighted by Crippen LogP contribution is 2.42. The minimum atomic E-state index is -0.535. The Morgan fingerprint density at radius 3 is 2.66 bits per heavy atom. The van der Waals surface area contributed by atoms with Gasteiger partial charge in [-0.3, -0.25) is 9.69 Å². The van der Waals surface area contributed by atoms with Crippen LogP contribution in [0.3, 0.4) is 0 Å². The fourth-order valence-corrected chi connectivity index (χ4v) is 4.96. The first-order chi connectivity index (χ1) is 16.8. The standard InChI is InChI=1S/C27H31FN4O3/c1-27(2)19(15-23(35-27)25-21-7-6-20(28)16-22(21)30-26(25)34)5-3-18-4-8-24(29-17-18)32-11-9-31(10-12-32)13-14-33/h4,6-8,15-17,33H,3,5,9-14H2,1-2H3,(H,30,34)/b25-23+. The van der Waals surface area contributed by atoms with Gasteiger partial charge >= 0.3 is 0 Å². The number of nitrogens with one attached hydrogen (secondary N) is 1.